The van der Waals surface area contributed by atoms with Gasteiger partial charge in [0.05, 0.1) is 11.4 Å². The van der Waals surface area contributed by atoms with Gasteiger partial charge in [-0.3, -0.25) is 0 Å². The third-order valence-corrected chi connectivity index (χ3v) is 4.42. The number of hydrogen-bond donors (Lipinski definition) is 2. The molecule has 1 fully saturated rings. The summed E-state index contributed by atoms with van der Waals surface area (Å²) in [6.45, 7) is 2.20. The number of rotatable bonds is 3. The summed E-state index contributed by atoms with van der Waals surface area (Å²) in [6.07, 6.45) is 3.66. The highest BCUT2D eigenvalue weighted by Crippen LogP contribution is 2.28. The second kappa shape index (κ2) is 6.08. The van der Waals surface area contributed by atoms with Gasteiger partial charge in [0.2, 0.25) is 0 Å². The average molecular weight is 281 g/mol. The van der Waals surface area contributed by atoms with Gasteiger partial charge in [0.25, 0.3) is 0 Å². The Morgan fingerprint density at radius 3 is 2.29 bits per heavy atom. The van der Waals surface area contributed by atoms with Crippen LogP contribution in [0.2, 0.25) is 0 Å². The smallest absolute Gasteiger partial charge is 0.0568 e. The molecule has 1 aliphatic heterocycles. The predicted octanol–water partition coefficient (Wildman–Crippen LogP) is 3.31. The van der Waals surface area contributed by atoms with E-state index >= 15 is 0 Å². The van der Waals surface area contributed by atoms with E-state index in [1.54, 1.807) is 0 Å². The van der Waals surface area contributed by atoms with E-state index in [-0.39, 0.29) is 0 Å². The number of anilines is 3. The minimum Gasteiger partial charge on any atom is -0.397 e. The topological polar surface area (TPSA) is 55.3 Å². The molecule has 0 aromatic heterocycles. The average Bonchev–Trinajstić information content (AvgIpc) is 2.52. The van der Waals surface area contributed by atoms with Crippen molar-refractivity contribution in [2.24, 2.45) is 5.92 Å². The lowest BCUT2D eigenvalue weighted by atomic mass is 9.90. The first kappa shape index (κ1) is 13.8. The second-order valence-corrected chi connectivity index (χ2v) is 5.93. The zero-order chi connectivity index (χ0) is 14.7. The van der Waals surface area contributed by atoms with Crippen LogP contribution in [0.3, 0.4) is 0 Å². The fraction of sp³-hybridized carbons (Fsp3) is 0.333. The summed E-state index contributed by atoms with van der Waals surface area (Å²) in [5, 5.41) is 0. The van der Waals surface area contributed by atoms with E-state index < -0.39 is 0 Å². The number of hydrogen-bond acceptors (Lipinski definition) is 3. The zero-order valence-corrected chi connectivity index (χ0v) is 12.3. The molecule has 0 amide bonds. The van der Waals surface area contributed by atoms with Gasteiger partial charge < -0.3 is 16.4 Å². The molecular weight excluding hydrogens is 258 g/mol. The highest BCUT2D eigenvalue weighted by Gasteiger charge is 2.19. The minimum atomic E-state index is 0.665. The van der Waals surface area contributed by atoms with Crippen LogP contribution in [0.5, 0.6) is 0 Å². The number of piperidine rings is 1. The summed E-state index contributed by atoms with van der Waals surface area (Å²) in [4.78, 5) is 2.41. The van der Waals surface area contributed by atoms with Crippen molar-refractivity contribution in [1.82, 2.24) is 0 Å². The van der Waals surface area contributed by atoms with Crippen molar-refractivity contribution < 1.29 is 0 Å². The van der Waals surface area contributed by atoms with Crippen LogP contribution >= 0.6 is 0 Å². The summed E-state index contributed by atoms with van der Waals surface area (Å²) in [5.41, 5.74) is 15.7. The first-order chi connectivity index (χ1) is 10.2. The summed E-state index contributed by atoms with van der Waals surface area (Å²) in [6, 6.07) is 16.8. The van der Waals surface area contributed by atoms with E-state index in [9.17, 15) is 0 Å². The van der Waals surface area contributed by atoms with Gasteiger partial charge in [-0.1, -0.05) is 30.3 Å². The molecule has 3 nitrogen and oxygen atoms in total. The Balaban J connectivity index is 1.58. The van der Waals surface area contributed by atoms with E-state index in [1.165, 1.54) is 30.5 Å². The molecule has 1 heterocycles. The molecule has 0 saturated carbocycles. The fourth-order valence-electron chi connectivity index (χ4n) is 3.10. The number of nitrogen functional groups attached to an aromatic ring is 2. The highest BCUT2D eigenvalue weighted by molar-refractivity contribution is 5.69. The Morgan fingerprint density at radius 1 is 0.905 bits per heavy atom. The second-order valence-electron chi connectivity index (χ2n) is 5.93. The van der Waals surface area contributed by atoms with E-state index in [0.717, 1.165) is 19.0 Å². The lowest BCUT2D eigenvalue weighted by Gasteiger charge is -2.34. The lowest BCUT2D eigenvalue weighted by molar-refractivity contribution is 0.404. The first-order valence-corrected chi connectivity index (χ1v) is 7.66. The Labute approximate surface area is 126 Å². The molecule has 110 valence electrons. The van der Waals surface area contributed by atoms with Crippen molar-refractivity contribution in [2.45, 2.75) is 19.3 Å². The van der Waals surface area contributed by atoms with E-state index in [2.05, 4.69) is 41.3 Å². The molecule has 0 bridgehead atoms. The third kappa shape index (κ3) is 3.30. The normalized spacial score (nSPS) is 16.1. The van der Waals surface area contributed by atoms with Gasteiger partial charge in [0, 0.05) is 18.8 Å². The molecule has 1 saturated heterocycles. The van der Waals surface area contributed by atoms with Crippen molar-refractivity contribution >= 4 is 17.1 Å². The molecule has 2 aromatic carbocycles. The molecule has 21 heavy (non-hydrogen) atoms. The maximum absolute atomic E-state index is 5.91. The van der Waals surface area contributed by atoms with Crippen molar-refractivity contribution in [3.05, 3.63) is 54.1 Å². The van der Waals surface area contributed by atoms with Crippen molar-refractivity contribution in [1.29, 1.82) is 0 Å². The molecule has 3 rings (SSSR count). The van der Waals surface area contributed by atoms with Crippen LogP contribution in [-0.4, -0.2) is 13.1 Å². The van der Waals surface area contributed by atoms with Gasteiger partial charge in [0.15, 0.2) is 0 Å². The van der Waals surface area contributed by atoms with E-state index in [1.807, 2.05) is 12.1 Å². The molecule has 0 atom stereocenters. The Morgan fingerprint density at radius 2 is 1.62 bits per heavy atom. The monoisotopic (exact) mass is 281 g/mol. The molecule has 0 radical (unpaired) electrons. The molecule has 2 aromatic rings. The SMILES string of the molecule is Nc1ccc(N2CCC(Cc3ccccc3)CC2)cc1N. The van der Waals surface area contributed by atoms with Crippen molar-refractivity contribution in [2.75, 3.05) is 29.5 Å². The van der Waals surface area contributed by atoms with Gasteiger partial charge in [0.1, 0.15) is 0 Å². The summed E-state index contributed by atoms with van der Waals surface area (Å²) in [7, 11) is 0. The van der Waals surface area contributed by atoms with Crippen LogP contribution in [0.4, 0.5) is 17.1 Å². The molecular formula is C18H23N3. The van der Waals surface area contributed by atoms with Gasteiger partial charge in [-0.2, -0.15) is 0 Å². The predicted molar refractivity (Wildman–Crippen MR) is 90.3 cm³/mol. The van der Waals surface area contributed by atoms with Crippen LogP contribution in [0.25, 0.3) is 0 Å². The maximum Gasteiger partial charge on any atom is 0.0568 e. The number of nitrogens with two attached hydrogens (primary N) is 2. The summed E-state index contributed by atoms with van der Waals surface area (Å²) in [5.74, 6) is 0.787. The minimum absolute atomic E-state index is 0.665. The quantitative estimate of drug-likeness (QED) is 0.849. The Kier molecular flexibility index (Phi) is 4.00. The number of benzene rings is 2. The van der Waals surface area contributed by atoms with E-state index in [4.69, 9.17) is 11.5 Å². The van der Waals surface area contributed by atoms with E-state index in [0.29, 0.717) is 11.4 Å². The van der Waals surface area contributed by atoms with Crippen LogP contribution < -0.4 is 16.4 Å². The van der Waals surface area contributed by atoms with Crippen LogP contribution in [0.15, 0.2) is 48.5 Å². The lowest BCUT2D eigenvalue weighted by Crippen LogP contribution is -2.34. The van der Waals surface area contributed by atoms with Gasteiger partial charge in [-0.25, -0.2) is 0 Å². The first-order valence-electron chi connectivity index (χ1n) is 7.66. The molecule has 0 unspecified atom stereocenters. The maximum atomic E-state index is 5.91. The zero-order valence-electron chi connectivity index (χ0n) is 12.3. The van der Waals surface area contributed by atoms with Crippen LogP contribution in [0.1, 0.15) is 18.4 Å². The van der Waals surface area contributed by atoms with Gasteiger partial charge in [-0.05, 0) is 48.9 Å². The van der Waals surface area contributed by atoms with Gasteiger partial charge in [-0.15, -0.1) is 0 Å². The molecule has 1 aliphatic rings. The van der Waals surface area contributed by atoms with Crippen molar-refractivity contribution in [3.63, 3.8) is 0 Å². The highest BCUT2D eigenvalue weighted by atomic mass is 15.1. The molecule has 0 spiro atoms. The molecule has 4 N–H and O–H groups in total. The standard InChI is InChI=1S/C18H23N3/c19-17-7-6-16(13-18(17)20)21-10-8-15(9-11-21)12-14-4-2-1-3-5-14/h1-7,13,15H,8-12,19-20H2. The van der Waals surface area contributed by atoms with Crippen LogP contribution in [-0.2, 0) is 6.42 Å². The Bertz CT molecular complexity index is 587. The molecule has 0 aliphatic carbocycles. The van der Waals surface area contributed by atoms with Crippen molar-refractivity contribution in [3.8, 4) is 0 Å². The van der Waals surface area contributed by atoms with Crippen LogP contribution in [0, 0.1) is 5.92 Å². The number of nitrogens with zero attached hydrogens (tertiary/aromatic N) is 1. The molecule has 3 heteroatoms. The largest absolute Gasteiger partial charge is 0.397 e. The third-order valence-electron chi connectivity index (χ3n) is 4.42. The summed E-state index contributed by atoms with van der Waals surface area (Å²) < 4.78 is 0. The fourth-order valence-corrected chi connectivity index (χ4v) is 3.10. The Hall–Kier alpha value is -2.16. The van der Waals surface area contributed by atoms with Gasteiger partial charge >= 0.3 is 0 Å². The summed E-state index contributed by atoms with van der Waals surface area (Å²) >= 11 is 0.